The van der Waals surface area contributed by atoms with Crippen molar-refractivity contribution < 1.29 is 13.0 Å². The second-order valence-corrected chi connectivity index (χ2v) is 11.0. The van der Waals surface area contributed by atoms with E-state index in [0.717, 1.165) is 61.5 Å². The zero-order valence-electron chi connectivity index (χ0n) is 17.6. The van der Waals surface area contributed by atoms with Gasteiger partial charge >= 0.3 is 0 Å². The monoisotopic (exact) mass is 424 g/mol. The predicted octanol–water partition coefficient (Wildman–Crippen LogP) is 6.77. The van der Waals surface area contributed by atoms with E-state index in [2.05, 4.69) is 30.3 Å². The molecule has 1 atom stereocenters. The van der Waals surface area contributed by atoms with Crippen molar-refractivity contribution in [2.75, 3.05) is 0 Å². The van der Waals surface area contributed by atoms with Crippen LogP contribution in [0, 0.1) is 17.8 Å². The molecular weight excluding hydrogens is 392 g/mol. The Morgan fingerprint density at radius 3 is 2.03 bits per heavy atom. The van der Waals surface area contributed by atoms with E-state index in [0.29, 0.717) is 10.8 Å². The highest BCUT2D eigenvalue weighted by Crippen LogP contribution is 2.50. The van der Waals surface area contributed by atoms with Crippen LogP contribution in [0.5, 0.6) is 0 Å². The molecule has 1 N–H and O–H groups in total. The third kappa shape index (κ3) is 3.73. The Balaban J connectivity index is 1.75. The Hall–Kier alpha value is -1.65. The fraction of sp³-hybridized carbons (Fsp3) is 0.538. The van der Waals surface area contributed by atoms with Crippen LogP contribution in [0.2, 0.25) is 0 Å². The maximum absolute atomic E-state index is 12.9. The molecule has 0 heterocycles. The van der Waals surface area contributed by atoms with Gasteiger partial charge in [-0.15, -0.1) is 0 Å². The third-order valence-corrected chi connectivity index (χ3v) is 8.89. The molecule has 2 saturated carbocycles. The highest BCUT2D eigenvalue weighted by Gasteiger charge is 2.41. The topological polar surface area (TPSA) is 54.4 Å². The number of hydrogen-bond acceptors (Lipinski definition) is 2. The van der Waals surface area contributed by atoms with E-state index in [1.54, 1.807) is 0 Å². The van der Waals surface area contributed by atoms with E-state index in [1.807, 2.05) is 6.07 Å². The van der Waals surface area contributed by atoms with Crippen LogP contribution in [0.15, 0.2) is 41.3 Å². The summed E-state index contributed by atoms with van der Waals surface area (Å²) >= 11 is 0. The van der Waals surface area contributed by atoms with Crippen molar-refractivity contribution in [3.05, 3.63) is 52.4 Å². The Labute approximate surface area is 180 Å². The van der Waals surface area contributed by atoms with Gasteiger partial charge in [0.25, 0.3) is 10.1 Å². The summed E-state index contributed by atoms with van der Waals surface area (Å²) in [6, 6.07) is 12.8. The highest BCUT2D eigenvalue weighted by molar-refractivity contribution is 7.90. The minimum Gasteiger partial charge on any atom is -0.282 e. The molecule has 2 fully saturated rings. The van der Waals surface area contributed by atoms with Crippen molar-refractivity contribution in [1.82, 2.24) is 0 Å². The minimum atomic E-state index is -4.24. The number of allylic oxidation sites excluding steroid dienone is 2. The molecule has 0 bridgehead atoms. The molecule has 3 nitrogen and oxygen atoms in total. The Kier molecular flexibility index (Phi) is 5.49. The maximum Gasteiger partial charge on any atom is 0.291 e. The molecule has 160 valence electrons. The van der Waals surface area contributed by atoms with Crippen LogP contribution in [-0.4, -0.2) is 13.0 Å². The van der Waals surface area contributed by atoms with Crippen LogP contribution in [0.1, 0.15) is 75.3 Å². The first-order chi connectivity index (χ1) is 14.5. The molecule has 0 radical (unpaired) electrons. The summed E-state index contributed by atoms with van der Waals surface area (Å²) in [4.78, 5) is 0.379. The van der Waals surface area contributed by atoms with Crippen LogP contribution in [0.25, 0.3) is 16.3 Å². The first-order valence-corrected chi connectivity index (χ1v) is 13.2. The van der Waals surface area contributed by atoms with Gasteiger partial charge in [-0.05, 0) is 77.5 Å². The Morgan fingerprint density at radius 1 is 0.800 bits per heavy atom. The van der Waals surface area contributed by atoms with Gasteiger partial charge in [-0.2, -0.15) is 8.42 Å². The summed E-state index contributed by atoms with van der Waals surface area (Å²) in [5, 5.41) is 2.37. The van der Waals surface area contributed by atoms with Gasteiger partial charge in [-0.3, -0.25) is 4.55 Å². The van der Waals surface area contributed by atoms with Crippen molar-refractivity contribution in [1.29, 1.82) is 0 Å². The molecule has 0 spiro atoms. The summed E-state index contributed by atoms with van der Waals surface area (Å²) in [5.74, 6) is 0.516. The molecule has 2 aromatic rings. The van der Waals surface area contributed by atoms with E-state index < -0.39 is 10.1 Å². The number of hydrogen-bond donors (Lipinski definition) is 1. The van der Waals surface area contributed by atoms with Gasteiger partial charge in [0.15, 0.2) is 0 Å². The van der Waals surface area contributed by atoms with E-state index in [9.17, 15) is 13.0 Å². The second kappa shape index (κ2) is 8.12. The summed E-state index contributed by atoms with van der Waals surface area (Å²) in [5.41, 5.74) is 3.32. The maximum atomic E-state index is 12.9. The number of rotatable bonds is 3. The van der Waals surface area contributed by atoms with Crippen molar-refractivity contribution >= 4 is 26.5 Å². The first kappa shape index (κ1) is 20.3. The average Bonchev–Trinajstić information content (AvgIpc) is 2.77. The fourth-order valence-corrected chi connectivity index (χ4v) is 7.64. The first-order valence-electron chi connectivity index (χ1n) is 11.8. The van der Waals surface area contributed by atoms with Crippen LogP contribution < -0.4 is 0 Å². The SMILES string of the molecule is O=S(=O)(O)C1=C(C2CCCCC2)c2cc3ccccc3cc2CC1C1CCCCC1. The highest BCUT2D eigenvalue weighted by atomic mass is 32.2. The van der Waals surface area contributed by atoms with Gasteiger partial charge in [0.1, 0.15) is 0 Å². The Morgan fingerprint density at radius 2 is 1.40 bits per heavy atom. The molecule has 0 aliphatic heterocycles. The second-order valence-electron chi connectivity index (χ2n) is 9.65. The summed E-state index contributed by atoms with van der Waals surface area (Å²) in [7, 11) is -4.24. The molecule has 3 aliphatic carbocycles. The van der Waals surface area contributed by atoms with Gasteiger partial charge in [-0.1, -0.05) is 68.9 Å². The van der Waals surface area contributed by atoms with Crippen LogP contribution in [-0.2, 0) is 16.5 Å². The van der Waals surface area contributed by atoms with E-state index in [1.165, 1.54) is 36.6 Å². The van der Waals surface area contributed by atoms with Gasteiger partial charge in [0, 0.05) is 5.92 Å². The van der Waals surface area contributed by atoms with E-state index in [-0.39, 0.29) is 11.8 Å². The smallest absolute Gasteiger partial charge is 0.282 e. The quantitative estimate of drug-likeness (QED) is 0.553. The van der Waals surface area contributed by atoms with E-state index in [4.69, 9.17) is 0 Å². The summed E-state index contributed by atoms with van der Waals surface area (Å²) in [6.45, 7) is 0. The predicted molar refractivity (Wildman–Crippen MR) is 123 cm³/mol. The molecule has 0 saturated heterocycles. The lowest BCUT2D eigenvalue weighted by molar-refractivity contribution is 0.275. The van der Waals surface area contributed by atoms with Crippen LogP contribution in [0.4, 0.5) is 0 Å². The summed E-state index contributed by atoms with van der Waals surface area (Å²) in [6.07, 6.45) is 12.0. The third-order valence-electron chi connectivity index (χ3n) is 7.81. The molecule has 3 aliphatic rings. The Bertz CT molecular complexity index is 1070. The molecule has 1 unspecified atom stereocenters. The largest absolute Gasteiger partial charge is 0.291 e. The van der Waals surface area contributed by atoms with Gasteiger partial charge in [0.05, 0.1) is 4.91 Å². The van der Waals surface area contributed by atoms with Gasteiger partial charge in [-0.25, -0.2) is 0 Å². The standard InChI is InChI=1S/C26H32O3S/c27-30(28,29)26-24(18-9-3-1-4-10-18)17-22-15-20-13-7-8-14-21(20)16-23(22)25(26)19-11-5-2-6-12-19/h7-8,13-16,18-19,24H,1-6,9-12,17H2,(H,27,28,29). The number of benzene rings is 2. The van der Waals surface area contributed by atoms with Crippen molar-refractivity contribution in [2.45, 2.75) is 70.6 Å². The fourth-order valence-electron chi connectivity index (χ4n) is 6.43. The molecule has 4 heteroatoms. The van der Waals surface area contributed by atoms with Crippen LogP contribution in [0.3, 0.4) is 0 Å². The molecule has 5 rings (SSSR count). The van der Waals surface area contributed by atoms with Crippen molar-refractivity contribution in [2.24, 2.45) is 17.8 Å². The van der Waals surface area contributed by atoms with Crippen molar-refractivity contribution in [3.63, 3.8) is 0 Å². The lowest BCUT2D eigenvalue weighted by atomic mass is 9.69. The molecule has 2 aromatic carbocycles. The van der Waals surface area contributed by atoms with Gasteiger partial charge in [0.2, 0.25) is 0 Å². The zero-order chi connectivity index (χ0) is 20.7. The summed E-state index contributed by atoms with van der Waals surface area (Å²) < 4.78 is 36.2. The minimum absolute atomic E-state index is 0.0779. The van der Waals surface area contributed by atoms with Crippen molar-refractivity contribution in [3.8, 4) is 0 Å². The molecular formula is C26H32O3S. The molecule has 0 amide bonds. The molecule has 0 aromatic heterocycles. The average molecular weight is 425 g/mol. The van der Waals surface area contributed by atoms with Gasteiger partial charge < -0.3 is 0 Å². The van der Waals surface area contributed by atoms with Crippen LogP contribution >= 0.6 is 0 Å². The zero-order valence-corrected chi connectivity index (χ0v) is 18.5. The van der Waals surface area contributed by atoms with E-state index >= 15 is 0 Å². The lowest BCUT2D eigenvalue weighted by Gasteiger charge is -2.39. The molecule has 30 heavy (non-hydrogen) atoms. The lowest BCUT2D eigenvalue weighted by Crippen LogP contribution is -2.31. The number of fused-ring (bicyclic) bond motifs is 2. The normalized spacial score (nSPS) is 24.2.